The smallest absolute Gasteiger partial charge is 0.308 e. The van der Waals surface area contributed by atoms with Crippen LogP contribution in [0.2, 0.25) is 0 Å². The van der Waals surface area contributed by atoms with E-state index < -0.39 is 0 Å². The van der Waals surface area contributed by atoms with Crippen LogP contribution >= 0.6 is 0 Å². The third-order valence-corrected chi connectivity index (χ3v) is 4.03. The van der Waals surface area contributed by atoms with E-state index in [4.69, 9.17) is 4.74 Å². The second-order valence-electron chi connectivity index (χ2n) is 5.35. The zero-order chi connectivity index (χ0) is 14.4. The highest BCUT2D eigenvalue weighted by Gasteiger charge is 2.14. The molecule has 0 radical (unpaired) electrons. The van der Waals surface area contributed by atoms with Crippen LogP contribution in [0.4, 0.5) is 0 Å². The lowest BCUT2D eigenvalue weighted by atomic mass is 9.93. The number of allylic oxidation sites excluding steroid dienone is 3. The van der Waals surface area contributed by atoms with Gasteiger partial charge in [-0.3, -0.25) is 4.79 Å². The van der Waals surface area contributed by atoms with E-state index in [1.54, 1.807) is 0 Å². The third kappa shape index (κ3) is 1.83. The van der Waals surface area contributed by atoms with E-state index in [0.29, 0.717) is 5.75 Å². The molecule has 0 aromatic heterocycles. The summed E-state index contributed by atoms with van der Waals surface area (Å²) in [5.41, 5.74) is 2.44. The molecule has 2 aromatic carbocycles. The van der Waals surface area contributed by atoms with Crippen molar-refractivity contribution in [3.05, 3.63) is 58.0 Å². The number of rotatable bonds is 1. The van der Waals surface area contributed by atoms with Gasteiger partial charge >= 0.3 is 5.97 Å². The van der Waals surface area contributed by atoms with Crippen molar-refractivity contribution in [1.82, 2.24) is 0 Å². The molecule has 0 saturated heterocycles. The summed E-state index contributed by atoms with van der Waals surface area (Å²) in [4.78, 5) is 11.4. The molecule has 2 aliphatic carbocycles. The van der Waals surface area contributed by atoms with Crippen LogP contribution < -0.4 is 15.2 Å². The number of carbonyl (C=O) groups excluding carboxylic acids is 1. The Labute approximate surface area is 122 Å². The molecule has 0 fully saturated rings. The van der Waals surface area contributed by atoms with E-state index in [0.717, 1.165) is 17.0 Å². The van der Waals surface area contributed by atoms with Gasteiger partial charge in [-0.15, -0.1) is 0 Å². The number of hydrogen-bond donors (Lipinski definition) is 0. The Hall–Kier alpha value is -2.61. The number of carbonyl (C=O) groups is 1. The highest BCUT2D eigenvalue weighted by Crippen LogP contribution is 2.26. The second-order valence-corrected chi connectivity index (χ2v) is 5.35. The Balaban J connectivity index is 2.14. The summed E-state index contributed by atoms with van der Waals surface area (Å²) in [6.07, 6.45) is 13.3. The lowest BCUT2D eigenvalue weighted by Crippen LogP contribution is -2.19. The molecule has 0 saturated carbocycles. The number of fused-ring (bicyclic) bond motifs is 5. The van der Waals surface area contributed by atoms with Crippen LogP contribution in [0, 0.1) is 0 Å². The summed E-state index contributed by atoms with van der Waals surface area (Å²) < 4.78 is 5.44. The van der Waals surface area contributed by atoms with Gasteiger partial charge in [0.15, 0.2) is 0 Å². The van der Waals surface area contributed by atoms with Crippen molar-refractivity contribution in [2.24, 2.45) is 0 Å². The first-order valence-corrected chi connectivity index (χ1v) is 7.06. The van der Waals surface area contributed by atoms with E-state index >= 15 is 0 Å². The number of esters is 1. The quantitative estimate of drug-likeness (QED) is 0.590. The van der Waals surface area contributed by atoms with E-state index in [1.165, 1.54) is 28.7 Å². The summed E-state index contributed by atoms with van der Waals surface area (Å²) in [7, 11) is 0. The van der Waals surface area contributed by atoms with Crippen molar-refractivity contribution in [3.63, 3.8) is 0 Å². The standard InChI is InChI=1S/C19H14O2/c1-12(20)21-19-11-18-14-8-4-5-13(14)9-10-16(18)15-6-2-3-7-17(15)19/h2-5,7-11H,6H2,1H3. The Morgan fingerprint density at radius 1 is 1.14 bits per heavy atom. The van der Waals surface area contributed by atoms with Crippen molar-refractivity contribution < 1.29 is 9.53 Å². The van der Waals surface area contributed by atoms with Crippen molar-refractivity contribution in [3.8, 4) is 5.75 Å². The van der Waals surface area contributed by atoms with Gasteiger partial charge in [-0.05, 0) is 39.6 Å². The number of hydrogen-bond acceptors (Lipinski definition) is 2. The first-order chi connectivity index (χ1) is 10.2. The Morgan fingerprint density at radius 3 is 2.90 bits per heavy atom. The zero-order valence-electron chi connectivity index (χ0n) is 11.7. The predicted molar refractivity (Wildman–Crippen MR) is 85.3 cm³/mol. The van der Waals surface area contributed by atoms with Gasteiger partial charge in [0, 0.05) is 12.1 Å². The van der Waals surface area contributed by atoms with Gasteiger partial charge in [-0.25, -0.2) is 0 Å². The zero-order valence-corrected chi connectivity index (χ0v) is 11.7. The topological polar surface area (TPSA) is 26.3 Å². The van der Waals surface area contributed by atoms with E-state index in [2.05, 4.69) is 36.4 Å². The van der Waals surface area contributed by atoms with Gasteiger partial charge in [-0.1, -0.05) is 48.6 Å². The predicted octanol–water partition coefficient (Wildman–Crippen LogP) is 2.47. The molecule has 0 bridgehead atoms. The number of benzene rings is 2. The van der Waals surface area contributed by atoms with Gasteiger partial charge in [-0.2, -0.15) is 0 Å². The summed E-state index contributed by atoms with van der Waals surface area (Å²) in [6, 6.07) is 6.32. The molecule has 0 spiro atoms. The summed E-state index contributed by atoms with van der Waals surface area (Å²) >= 11 is 0. The second kappa shape index (κ2) is 4.45. The molecule has 102 valence electrons. The molecule has 0 N–H and O–H groups in total. The van der Waals surface area contributed by atoms with Crippen molar-refractivity contribution in [1.29, 1.82) is 0 Å². The van der Waals surface area contributed by atoms with E-state index in [-0.39, 0.29) is 5.97 Å². The molecule has 0 amide bonds. The minimum atomic E-state index is -0.283. The van der Waals surface area contributed by atoms with Crippen LogP contribution in [0.15, 0.2) is 36.4 Å². The lowest BCUT2D eigenvalue weighted by Gasteiger charge is -2.14. The molecule has 0 atom stereocenters. The maximum Gasteiger partial charge on any atom is 0.308 e. The first kappa shape index (κ1) is 12.2. The Bertz CT molecular complexity index is 959. The lowest BCUT2D eigenvalue weighted by molar-refractivity contribution is -0.131. The maximum absolute atomic E-state index is 11.4. The van der Waals surface area contributed by atoms with Gasteiger partial charge in [0.1, 0.15) is 5.75 Å². The number of ether oxygens (including phenoxy) is 1. The summed E-state index contributed by atoms with van der Waals surface area (Å²) in [5.74, 6) is 0.372. The molecule has 4 rings (SSSR count). The summed E-state index contributed by atoms with van der Waals surface area (Å²) in [6.45, 7) is 1.44. The molecule has 2 aliphatic rings. The molecule has 2 aromatic rings. The minimum Gasteiger partial charge on any atom is -0.426 e. The molecule has 2 nitrogen and oxygen atoms in total. The third-order valence-electron chi connectivity index (χ3n) is 4.03. The monoisotopic (exact) mass is 274 g/mol. The van der Waals surface area contributed by atoms with Crippen LogP contribution in [0.5, 0.6) is 5.75 Å². The molecule has 0 unspecified atom stereocenters. The highest BCUT2D eigenvalue weighted by atomic mass is 16.5. The van der Waals surface area contributed by atoms with E-state index in [9.17, 15) is 4.79 Å². The summed E-state index contributed by atoms with van der Waals surface area (Å²) in [5, 5.41) is 4.62. The van der Waals surface area contributed by atoms with Crippen LogP contribution in [0.3, 0.4) is 0 Å². The normalized spacial score (nSPS) is 14.3. The van der Waals surface area contributed by atoms with Gasteiger partial charge in [0.05, 0.1) is 0 Å². The Kier molecular flexibility index (Phi) is 2.58. The van der Waals surface area contributed by atoms with Crippen LogP contribution in [0.1, 0.15) is 18.1 Å². The van der Waals surface area contributed by atoms with Crippen molar-refractivity contribution >= 4 is 35.0 Å². The van der Waals surface area contributed by atoms with Crippen LogP contribution in [-0.2, 0) is 11.2 Å². The van der Waals surface area contributed by atoms with Crippen LogP contribution in [0.25, 0.3) is 29.0 Å². The molecule has 21 heavy (non-hydrogen) atoms. The first-order valence-electron chi connectivity index (χ1n) is 7.06. The van der Waals surface area contributed by atoms with Crippen molar-refractivity contribution in [2.75, 3.05) is 0 Å². The van der Waals surface area contributed by atoms with E-state index in [1.807, 2.05) is 18.2 Å². The molecule has 2 heteroatoms. The largest absolute Gasteiger partial charge is 0.426 e. The van der Waals surface area contributed by atoms with Gasteiger partial charge in [0.2, 0.25) is 0 Å². The van der Waals surface area contributed by atoms with Gasteiger partial charge < -0.3 is 4.74 Å². The molecule has 0 aliphatic heterocycles. The van der Waals surface area contributed by atoms with Crippen molar-refractivity contribution in [2.45, 2.75) is 13.3 Å². The SMILES string of the molecule is CC(=O)Oc1cc2c3c(ccc2c2c1=CC=CC2)=CC=C3. The molecular formula is C19H14O2. The Morgan fingerprint density at radius 2 is 2.05 bits per heavy atom. The van der Waals surface area contributed by atoms with Gasteiger partial charge in [0.25, 0.3) is 0 Å². The fraction of sp³-hybridized carbons (Fsp3) is 0.105. The fourth-order valence-electron chi connectivity index (χ4n) is 3.15. The molecular weight excluding hydrogens is 260 g/mol. The van der Waals surface area contributed by atoms with Crippen LogP contribution in [-0.4, -0.2) is 5.97 Å². The molecule has 0 heterocycles. The average molecular weight is 274 g/mol. The maximum atomic E-state index is 11.4. The fourth-order valence-corrected chi connectivity index (χ4v) is 3.15. The highest BCUT2D eigenvalue weighted by molar-refractivity contribution is 5.97. The minimum absolute atomic E-state index is 0.283. The average Bonchev–Trinajstić information content (AvgIpc) is 2.95.